The van der Waals surface area contributed by atoms with Gasteiger partial charge in [-0.15, -0.1) is 0 Å². The second-order valence-corrected chi connectivity index (χ2v) is 8.58. The summed E-state index contributed by atoms with van der Waals surface area (Å²) in [5.74, 6) is -4.30. The third-order valence-corrected chi connectivity index (χ3v) is 6.49. The molecule has 35 heavy (non-hydrogen) atoms. The number of carbonyl (C=O) groups excluding carboxylic acids is 3. The lowest BCUT2D eigenvalue weighted by atomic mass is 9.67. The van der Waals surface area contributed by atoms with Crippen LogP contribution in [0.1, 0.15) is 50.2 Å². The molecule has 0 bridgehead atoms. The van der Waals surface area contributed by atoms with Crippen LogP contribution in [0, 0.1) is 11.7 Å². The molecule has 0 radical (unpaired) electrons. The number of carbonyl (C=O) groups is 3. The Bertz CT molecular complexity index is 1200. The van der Waals surface area contributed by atoms with E-state index in [1.165, 1.54) is 12.1 Å². The molecule has 0 spiro atoms. The van der Waals surface area contributed by atoms with Crippen molar-refractivity contribution < 1.29 is 28.2 Å². The molecule has 6 nitrogen and oxygen atoms in total. The molecule has 1 N–H and O–H groups in total. The quantitative estimate of drug-likeness (QED) is 0.486. The van der Waals surface area contributed by atoms with Gasteiger partial charge in [0.2, 0.25) is 0 Å². The Morgan fingerprint density at radius 3 is 2.26 bits per heavy atom. The maximum absolute atomic E-state index is 14.1. The summed E-state index contributed by atoms with van der Waals surface area (Å²) in [7, 11) is 0. The summed E-state index contributed by atoms with van der Waals surface area (Å²) < 4.78 is 24.4. The fourth-order valence-electron chi connectivity index (χ4n) is 5.02. The predicted molar refractivity (Wildman–Crippen MR) is 128 cm³/mol. The Labute approximate surface area is 203 Å². The van der Waals surface area contributed by atoms with Gasteiger partial charge in [0, 0.05) is 28.8 Å². The number of allylic oxidation sites excluding steroid dienone is 3. The molecule has 3 atom stereocenters. The lowest BCUT2D eigenvalue weighted by Gasteiger charge is -2.39. The highest BCUT2D eigenvalue weighted by atomic mass is 19.1. The van der Waals surface area contributed by atoms with Gasteiger partial charge in [0.05, 0.1) is 18.8 Å². The van der Waals surface area contributed by atoms with Crippen molar-refractivity contribution in [1.82, 2.24) is 5.32 Å². The van der Waals surface area contributed by atoms with Crippen LogP contribution in [0.25, 0.3) is 0 Å². The number of ketones is 1. The first-order valence-electron chi connectivity index (χ1n) is 11.8. The fraction of sp³-hybridized carbons (Fsp3) is 0.321. The lowest BCUT2D eigenvalue weighted by Crippen LogP contribution is -2.43. The molecule has 7 heteroatoms. The zero-order valence-corrected chi connectivity index (χ0v) is 20.0. The van der Waals surface area contributed by atoms with Crippen LogP contribution in [0.5, 0.6) is 0 Å². The maximum Gasteiger partial charge on any atom is 0.336 e. The van der Waals surface area contributed by atoms with Crippen molar-refractivity contribution in [3.63, 3.8) is 0 Å². The lowest BCUT2D eigenvalue weighted by molar-refractivity contribution is -0.152. The highest BCUT2D eigenvalue weighted by Crippen LogP contribution is 2.48. The number of benzene rings is 2. The standard InChI is InChI=1S/C28H28FNO5/c1-4-34-27(32)22-16(3)30-21-15-20(17-9-7-6-8-10-17)24(28(33)35-5-2)26(31)25(21)23(22)18-11-13-19(29)14-12-18/h6-14,20,23-24,30H,4-5,15H2,1-3H3/t20-,23-,24-/m1/s1. The SMILES string of the molecule is CCOC(=O)C1=C(C)NC2=C(C(=O)[C@H](C(=O)OCC)[C@@H](c3ccccc3)C2)[C@@H]1c1ccc(F)cc1. The molecule has 182 valence electrons. The summed E-state index contributed by atoms with van der Waals surface area (Å²) in [4.78, 5) is 40.2. The second kappa shape index (κ2) is 10.3. The van der Waals surface area contributed by atoms with Gasteiger partial charge in [-0.05, 0) is 50.5 Å². The van der Waals surface area contributed by atoms with Crippen molar-refractivity contribution in [2.45, 2.75) is 39.0 Å². The molecular weight excluding hydrogens is 449 g/mol. The van der Waals surface area contributed by atoms with Crippen LogP contribution in [0.15, 0.2) is 77.1 Å². The molecule has 0 amide bonds. The van der Waals surface area contributed by atoms with Gasteiger partial charge >= 0.3 is 11.9 Å². The molecule has 1 aliphatic carbocycles. The summed E-state index contributed by atoms with van der Waals surface area (Å²) >= 11 is 0. The van der Waals surface area contributed by atoms with E-state index in [-0.39, 0.29) is 18.8 Å². The first kappa shape index (κ1) is 24.4. The highest BCUT2D eigenvalue weighted by molar-refractivity contribution is 6.13. The molecular formula is C28H28FNO5. The number of Topliss-reactive ketones (excluding diaryl/α,β-unsaturated/α-hetero) is 1. The van der Waals surface area contributed by atoms with E-state index < -0.39 is 41.3 Å². The van der Waals surface area contributed by atoms with Crippen LogP contribution >= 0.6 is 0 Å². The van der Waals surface area contributed by atoms with Gasteiger partial charge in [0.25, 0.3) is 0 Å². The van der Waals surface area contributed by atoms with Crippen molar-refractivity contribution in [3.05, 3.63) is 94.1 Å². The molecule has 0 fully saturated rings. The third kappa shape index (κ3) is 4.63. The Morgan fingerprint density at radius 2 is 1.63 bits per heavy atom. The Hall–Kier alpha value is -3.74. The molecule has 1 heterocycles. The van der Waals surface area contributed by atoms with E-state index in [4.69, 9.17) is 9.47 Å². The third-order valence-electron chi connectivity index (χ3n) is 6.49. The topological polar surface area (TPSA) is 81.7 Å². The Kier molecular flexibility index (Phi) is 7.15. The van der Waals surface area contributed by atoms with Crippen molar-refractivity contribution in [1.29, 1.82) is 0 Å². The molecule has 0 saturated heterocycles. The number of esters is 2. The predicted octanol–water partition coefficient (Wildman–Crippen LogP) is 4.54. The number of hydrogen-bond acceptors (Lipinski definition) is 6. The summed E-state index contributed by atoms with van der Waals surface area (Å²) in [6, 6.07) is 15.1. The van der Waals surface area contributed by atoms with Gasteiger partial charge in [-0.1, -0.05) is 42.5 Å². The minimum Gasteiger partial charge on any atom is -0.465 e. The normalized spacial score (nSPS) is 21.8. The Morgan fingerprint density at radius 1 is 0.971 bits per heavy atom. The van der Waals surface area contributed by atoms with Gasteiger partial charge in [0.1, 0.15) is 11.7 Å². The number of halogens is 1. The van der Waals surface area contributed by atoms with Crippen molar-refractivity contribution >= 4 is 17.7 Å². The number of nitrogens with one attached hydrogen (secondary N) is 1. The van der Waals surface area contributed by atoms with E-state index in [2.05, 4.69) is 5.32 Å². The number of rotatable bonds is 6. The summed E-state index contributed by atoms with van der Waals surface area (Å²) in [5, 5.41) is 3.25. The smallest absolute Gasteiger partial charge is 0.336 e. The van der Waals surface area contributed by atoms with Crippen LogP contribution in [-0.4, -0.2) is 30.9 Å². The van der Waals surface area contributed by atoms with Crippen LogP contribution in [-0.2, 0) is 23.9 Å². The minimum absolute atomic E-state index is 0.142. The van der Waals surface area contributed by atoms with Crippen LogP contribution in [0.3, 0.4) is 0 Å². The average molecular weight is 478 g/mol. The first-order chi connectivity index (χ1) is 16.9. The molecule has 0 aromatic heterocycles. The highest BCUT2D eigenvalue weighted by Gasteiger charge is 2.49. The van der Waals surface area contributed by atoms with E-state index in [1.54, 1.807) is 32.9 Å². The van der Waals surface area contributed by atoms with E-state index in [1.807, 2.05) is 30.3 Å². The van der Waals surface area contributed by atoms with Gasteiger partial charge in [-0.3, -0.25) is 9.59 Å². The van der Waals surface area contributed by atoms with Crippen molar-refractivity contribution in [2.24, 2.45) is 5.92 Å². The molecule has 2 aromatic carbocycles. The van der Waals surface area contributed by atoms with Gasteiger partial charge < -0.3 is 14.8 Å². The summed E-state index contributed by atoms with van der Waals surface area (Å²) in [6.07, 6.45) is 0.375. The molecule has 2 aliphatic rings. The van der Waals surface area contributed by atoms with Crippen molar-refractivity contribution in [2.75, 3.05) is 13.2 Å². The van der Waals surface area contributed by atoms with Gasteiger partial charge in [-0.25, -0.2) is 9.18 Å². The molecule has 1 aliphatic heterocycles. The van der Waals surface area contributed by atoms with E-state index in [9.17, 15) is 18.8 Å². The molecule has 0 unspecified atom stereocenters. The zero-order chi connectivity index (χ0) is 25.1. The fourth-order valence-corrected chi connectivity index (χ4v) is 5.02. The number of ether oxygens (including phenoxy) is 2. The zero-order valence-electron chi connectivity index (χ0n) is 20.0. The van der Waals surface area contributed by atoms with Crippen LogP contribution in [0.2, 0.25) is 0 Å². The van der Waals surface area contributed by atoms with E-state index in [0.717, 1.165) is 5.56 Å². The van der Waals surface area contributed by atoms with Crippen LogP contribution in [0.4, 0.5) is 4.39 Å². The van der Waals surface area contributed by atoms with Gasteiger partial charge in [0.15, 0.2) is 5.78 Å². The molecule has 2 aromatic rings. The Balaban J connectivity index is 1.89. The summed E-state index contributed by atoms with van der Waals surface area (Å²) in [6.45, 7) is 5.46. The second-order valence-electron chi connectivity index (χ2n) is 8.58. The monoisotopic (exact) mass is 477 g/mol. The van der Waals surface area contributed by atoms with Gasteiger partial charge in [-0.2, -0.15) is 0 Å². The average Bonchev–Trinajstić information content (AvgIpc) is 2.84. The molecule has 4 rings (SSSR count). The number of dihydropyridines is 1. The largest absolute Gasteiger partial charge is 0.465 e. The van der Waals surface area contributed by atoms with E-state index in [0.29, 0.717) is 29.0 Å². The van der Waals surface area contributed by atoms with Crippen LogP contribution < -0.4 is 5.32 Å². The molecule has 0 saturated carbocycles. The maximum atomic E-state index is 14.1. The number of hydrogen-bond donors (Lipinski definition) is 1. The summed E-state index contributed by atoms with van der Waals surface area (Å²) in [5.41, 5.74) is 3.21. The van der Waals surface area contributed by atoms with Crippen molar-refractivity contribution in [3.8, 4) is 0 Å². The minimum atomic E-state index is -1.07. The first-order valence-corrected chi connectivity index (χ1v) is 11.8. The van der Waals surface area contributed by atoms with E-state index >= 15 is 0 Å².